The summed E-state index contributed by atoms with van der Waals surface area (Å²) in [5.41, 5.74) is 0.978. The van der Waals surface area contributed by atoms with Crippen molar-refractivity contribution >= 4 is 33.3 Å². The largest absolute Gasteiger partial charge is 0.366 e. The zero-order valence-corrected chi connectivity index (χ0v) is 18.8. The fourth-order valence-corrected chi connectivity index (χ4v) is 6.21. The lowest BCUT2D eigenvalue weighted by Gasteiger charge is -2.36. The highest BCUT2D eigenvalue weighted by atomic mass is 32.2. The highest BCUT2D eigenvalue weighted by Crippen LogP contribution is 2.39. The topological polar surface area (TPSA) is 95.1 Å². The molecule has 2 fully saturated rings. The summed E-state index contributed by atoms with van der Waals surface area (Å²) in [5.74, 6) is -1.57. The molecule has 172 valence electrons. The number of sulfonamides is 1. The number of rotatable bonds is 4. The molecule has 10 heteroatoms. The van der Waals surface area contributed by atoms with E-state index in [0.717, 1.165) is 4.31 Å². The summed E-state index contributed by atoms with van der Waals surface area (Å²) in [4.78, 5) is 40.3. The second-order valence-corrected chi connectivity index (χ2v) is 10.3. The highest BCUT2D eigenvalue weighted by molar-refractivity contribution is 7.90. The van der Waals surface area contributed by atoms with Gasteiger partial charge in [-0.2, -0.15) is 0 Å². The number of amides is 2. The van der Waals surface area contributed by atoms with Gasteiger partial charge in [0.25, 0.3) is 21.8 Å². The number of Topliss-reactive ketones (excluding diaryl/α,β-unsaturated/α-hetero) is 1. The van der Waals surface area contributed by atoms with Gasteiger partial charge in [-0.25, -0.2) is 17.1 Å². The van der Waals surface area contributed by atoms with Crippen LogP contribution in [0.5, 0.6) is 0 Å². The quantitative estimate of drug-likeness (QED) is 0.635. The van der Waals surface area contributed by atoms with Crippen LogP contribution >= 0.6 is 0 Å². The van der Waals surface area contributed by atoms with E-state index in [-0.39, 0.29) is 33.8 Å². The average molecular weight is 472 g/mol. The maximum atomic E-state index is 14.5. The van der Waals surface area contributed by atoms with Gasteiger partial charge in [-0.3, -0.25) is 14.4 Å². The first-order chi connectivity index (χ1) is 15.7. The minimum Gasteiger partial charge on any atom is -0.366 e. The fraction of sp³-hybridized carbons (Fsp3) is 0.348. The lowest BCUT2D eigenvalue weighted by molar-refractivity contribution is 0.0745. The molecule has 1 aliphatic carbocycles. The molecule has 5 rings (SSSR count). The number of hydrogen-bond acceptors (Lipinski definition) is 6. The van der Waals surface area contributed by atoms with Gasteiger partial charge in [0.15, 0.2) is 5.78 Å². The molecule has 2 aromatic rings. The van der Waals surface area contributed by atoms with E-state index in [4.69, 9.17) is 0 Å². The van der Waals surface area contributed by atoms with Crippen LogP contribution in [0.15, 0.2) is 41.3 Å². The first-order valence-electron chi connectivity index (χ1n) is 10.8. The Bertz CT molecular complexity index is 1300. The van der Waals surface area contributed by atoms with Crippen LogP contribution in [-0.4, -0.2) is 67.4 Å². The number of piperazine rings is 1. The van der Waals surface area contributed by atoms with Crippen LogP contribution in [0.2, 0.25) is 0 Å². The van der Waals surface area contributed by atoms with Crippen LogP contribution in [0.3, 0.4) is 0 Å². The molecule has 3 aliphatic rings. The Hall–Kier alpha value is -3.27. The van der Waals surface area contributed by atoms with Crippen molar-refractivity contribution in [2.24, 2.45) is 0 Å². The van der Waals surface area contributed by atoms with Crippen molar-refractivity contribution in [2.45, 2.75) is 30.7 Å². The molecular weight excluding hydrogens is 449 g/mol. The van der Waals surface area contributed by atoms with E-state index in [1.54, 1.807) is 17.0 Å². The molecule has 8 nitrogen and oxygen atoms in total. The zero-order chi connectivity index (χ0) is 23.5. The summed E-state index contributed by atoms with van der Waals surface area (Å²) >= 11 is 0. The van der Waals surface area contributed by atoms with Crippen molar-refractivity contribution in [1.29, 1.82) is 0 Å². The molecule has 1 saturated carbocycles. The van der Waals surface area contributed by atoms with Gasteiger partial charge in [0.1, 0.15) is 10.7 Å². The summed E-state index contributed by atoms with van der Waals surface area (Å²) in [6, 6.07) is 8.26. The number of nitrogens with zero attached hydrogens (tertiary/aromatic N) is 3. The minimum absolute atomic E-state index is 0.104. The average Bonchev–Trinajstić information content (AvgIpc) is 3.60. The molecule has 33 heavy (non-hydrogen) atoms. The maximum absolute atomic E-state index is 14.5. The number of benzene rings is 2. The van der Waals surface area contributed by atoms with Crippen LogP contribution < -0.4 is 4.90 Å². The van der Waals surface area contributed by atoms with Gasteiger partial charge in [-0.05, 0) is 56.2 Å². The van der Waals surface area contributed by atoms with Crippen LogP contribution in [0.25, 0.3) is 0 Å². The summed E-state index contributed by atoms with van der Waals surface area (Å²) in [6.45, 7) is 2.80. The number of carbonyl (C=O) groups is 3. The minimum atomic E-state index is -3.94. The molecule has 2 aromatic carbocycles. The van der Waals surface area contributed by atoms with Crippen molar-refractivity contribution in [3.8, 4) is 0 Å². The van der Waals surface area contributed by atoms with E-state index >= 15 is 0 Å². The molecule has 0 N–H and O–H groups in total. The highest BCUT2D eigenvalue weighted by Gasteiger charge is 2.49. The second-order valence-electron chi connectivity index (χ2n) is 8.55. The Morgan fingerprint density at radius 3 is 2.24 bits per heavy atom. The zero-order valence-electron chi connectivity index (χ0n) is 18.0. The third-order valence-electron chi connectivity index (χ3n) is 6.34. The lowest BCUT2D eigenvalue weighted by Crippen LogP contribution is -2.49. The van der Waals surface area contributed by atoms with Crippen molar-refractivity contribution in [1.82, 2.24) is 9.21 Å². The summed E-state index contributed by atoms with van der Waals surface area (Å²) in [6.07, 6.45) is 1.32. The Kier molecular flexibility index (Phi) is 5.00. The standard InChI is InChI=1S/C23H22FN3O5S/c1-14(28)15-3-7-20(19(24)12-15)25-8-10-26(11-9-25)22(29)16-2-6-18-21(13-16)33(31,32)27(23(18)30)17-4-5-17/h2-3,6-7,12-13,17H,4-5,8-11H2,1H3. The van der Waals surface area contributed by atoms with Gasteiger partial charge in [-0.15, -0.1) is 0 Å². The van der Waals surface area contributed by atoms with Crippen LogP contribution in [0.1, 0.15) is 50.8 Å². The third kappa shape index (κ3) is 3.58. The predicted octanol–water partition coefficient (Wildman–Crippen LogP) is 2.30. The van der Waals surface area contributed by atoms with Crippen molar-refractivity contribution in [3.05, 3.63) is 58.9 Å². The molecule has 0 aromatic heterocycles. The normalized spacial score (nSPS) is 19.6. The van der Waals surface area contributed by atoms with Crippen LogP contribution in [0, 0.1) is 5.82 Å². The van der Waals surface area contributed by atoms with E-state index in [1.807, 2.05) is 4.90 Å². The summed E-state index contributed by atoms with van der Waals surface area (Å²) in [5, 5.41) is 0. The molecule has 0 bridgehead atoms. The molecule has 0 atom stereocenters. The Morgan fingerprint density at radius 1 is 0.970 bits per heavy atom. The molecule has 0 radical (unpaired) electrons. The van der Waals surface area contributed by atoms with Crippen LogP contribution in [0.4, 0.5) is 10.1 Å². The van der Waals surface area contributed by atoms with Gasteiger partial charge >= 0.3 is 0 Å². The molecule has 0 spiro atoms. The number of carbonyl (C=O) groups excluding carboxylic acids is 3. The Morgan fingerprint density at radius 2 is 1.64 bits per heavy atom. The van der Waals surface area contributed by atoms with Crippen molar-refractivity contribution in [2.75, 3.05) is 31.1 Å². The third-order valence-corrected chi connectivity index (χ3v) is 8.21. The van der Waals surface area contributed by atoms with Crippen LogP contribution in [-0.2, 0) is 10.0 Å². The smallest absolute Gasteiger partial charge is 0.269 e. The Balaban J connectivity index is 1.31. The van der Waals surface area contributed by atoms with E-state index in [1.165, 1.54) is 31.2 Å². The number of fused-ring (bicyclic) bond motifs is 1. The number of hydrogen-bond donors (Lipinski definition) is 0. The van der Waals surface area contributed by atoms with Gasteiger partial charge < -0.3 is 9.80 Å². The molecular formula is C23H22FN3O5S. The van der Waals surface area contributed by atoms with Crippen molar-refractivity contribution < 1.29 is 27.2 Å². The van der Waals surface area contributed by atoms with Gasteiger partial charge in [-0.1, -0.05) is 0 Å². The van der Waals surface area contributed by atoms with Gasteiger partial charge in [0.05, 0.1) is 11.3 Å². The first kappa shape index (κ1) is 21.6. The summed E-state index contributed by atoms with van der Waals surface area (Å²) < 4.78 is 41.1. The van der Waals surface area contributed by atoms with E-state index in [9.17, 15) is 27.2 Å². The van der Waals surface area contributed by atoms with Gasteiger partial charge in [0, 0.05) is 43.3 Å². The second kappa shape index (κ2) is 7.65. The fourth-order valence-electron chi connectivity index (χ4n) is 4.37. The monoisotopic (exact) mass is 471 g/mol. The number of halogens is 1. The Labute approximate surface area is 190 Å². The molecule has 2 heterocycles. The van der Waals surface area contributed by atoms with Crippen molar-refractivity contribution in [3.63, 3.8) is 0 Å². The SMILES string of the molecule is CC(=O)c1ccc(N2CCN(C(=O)c3ccc4c(c3)S(=O)(=O)N(C3CC3)C4=O)CC2)c(F)c1. The lowest BCUT2D eigenvalue weighted by atomic mass is 10.1. The molecule has 1 saturated heterocycles. The van der Waals surface area contributed by atoms with Gasteiger partial charge in [0.2, 0.25) is 0 Å². The maximum Gasteiger partial charge on any atom is 0.269 e. The van der Waals surface area contributed by atoms with E-state index < -0.39 is 21.7 Å². The molecule has 0 unspecified atom stereocenters. The van der Waals surface area contributed by atoms with E-state index in [0.29, 0.717) is 50.3 Å². The first-order valence-corrected chi connectivity index (χ1v) is 12.2. The molecule has 2 amide bonds. The number of anilines is 1. The van der Waals surface area contributed by atoms with E-state index in [2.05, 4.69) is 0 Å². The predicted molar refractivity (Wildman–Crippen MR) is 117 cm³/mol. The summed E-state index contributed by atoms with van der Waals surface area (Å²) in [7, 11) is -3.94. The molecule has 2 aliphatic heterocycles. The number of ketones is 1.